The molecule has 0 aliphatic heterocycles. The van der Waals surface area contributed by atoms with Crippen molar-refractivity contribution in [2.45, 2.75) is 6.61 Å². The predicted molar refractivity (Wildman–Crippen MR) is 60.4 cm³/mol. The van der Waals surface area contributed by atoms with Gasteiger partial charge in [0, 0.05) is 0 Å². The van der Waals surface area contributed by atoms with Crippen LogP contribution in [-0.4, -0.2) is 5.26 Å². The first-order valence-corrected chi connectivity index (χ1v) is 4.97. The van der Waals surface area contributed by atoms with Gasteiger partial charge in [0.15, 0.2) is 0 Å². The van der Waals surface area contributed by atoms with E-state index in [1.807, 2.05) is 54.6 Å². The molecule has 0 amide bonds. The van der Waals surface area contributed by atoms with Crippen LogP contribution in [0.15, 0.2) is 54.6 Å². The Balaban J connectivity index is 2.12. The summed E-state index contributed by atoms with van der Waals surface area (Å²) in [6.45, 7) is 0.159. The van der Waals surface area contributed by atoms with Gasteiger partial charge in [-0.05, 0) is 29.8 Å². The third-order valence-electron chi connectivity index (χ3n) is 2.11. The zero-order valence-corrected chi connectivity index (χ0v) is 8.67. The smallest absolute Gasteiger partial charge is 0.127 e. The standard InChI is InChI=1S/C13H12O3/c14-15-10-11-5-4-8-13(9-11)16-12-6-2-1-3-7-12/h1-9,14H,10H2. The Hall–Kier alpha value is -1.84. The lowest BCUT2D eigenvalue weighted by atomic mass is 10.2. The maximum atomic E-state index is 8.36. The van der Waals surface area contributed by atoms with E-state index in [9.17, 15) is 0 Å². The van der Waals surface area contributed by atoms with E-state index in [1.54, 1.807) is 0 Å². The highest BCUT2D eigenvalue weighted by atomic mass is 17.1. The third-order valence-corrected chi connectivity index (χ3v) is 2.11. The largest absolute Gasteiger partial charge is 0.457 e. The molecule has 0 spiro atoms. The number of para-hydroxylation sites is 1. The summed E-state index contributed by atoms with van der Waals surface area (Å²) in [7, 11) is 0. The van der Waals surface area contributed by atoms with E-state index in [2.05, 4.69) is 4.89 Å². The molecule has 0 fully saturated rings. The molecule has 2 aromatic rings. The van der Waals surface area contributed by atoms with Crippen molar-refractivity contribution in [2.24, 2.45) is 0 Å². The Morgan fingerprint density at radius 3 is 2.38 bits per heavy atom. The second-order valence-corrected chi connectivity index (χ2v) is 3.34. The summed E-state index contributed by atoms with van der Waals surface area (Å²) in [4.78, 5) is 4.08. The fourth-order valence-corrected chi connectivity index (χ4v) is 1.40. The quantitative estimate of drug-likeness (QED) is 0.628. The molecule has 0 aromatic heterocycles. The van der Waals surface area contributed by atoms with Crippen molar-refractivity contribution in [3.63, 3.8) is 0 Å². The number of benzene rings is 2. The van der Waals surface area contributed by atoms with Crippen LogP contribution in [-0.2, 0) is 11.5 Å². The molecule has 3 nitrogen and oxygen atoms in total. The van der Waals surface area contributed by atoms with Crippen LogP contribution in [0.5, 0.6) is 11.5 Å². The van der Waals surface area contributed by atoms with E-state index in [0.717, 1.165) is 17.1 Å². The lowest BCUT2D eigenvalue weighted by Crippen LogP contribution is -1.89. The van der Waals surface area contributed by atoms with Gasteiger partial charge in [0.2, 0.25) is 0 Å². The highest BCUT2D eigenvalue weighted by Crippen LogP contribution is 2.21. The average Bonchev–Trinajstić information content (AvgIpc) is 2.31. The van der Waals surface area contributed by atoms with Crippen LogP contribution in [0.2, 0.25) is 0 Å². The number of hydrogen-bond acceptors (Lipinski definition) is 3. The molecule has 0 aliphatic carbocycles. The molecule has 0 heterocycles. The van der Waals surface area contributed by atoms with Gasteiger partial charge in [0.25, 0.3) is 0 Å². The van der Waals surface area contributed by atoms with Gasteiger partial charge in [0.1, 0.15) is 18.1 Å². The summed E-state index contributed by atoms with van der Waals surface area (Å²) in [5.41, 5.74) is 0.857. The number of ether oxygens (including phenoxy) is 1. The maximum Gasteiger partial charge on any atom is 0.127 e. The molecule has 0 unspecified atom stereocenters. The first-order chi connectivity index (χ1) is 7.88. The van der Waals surface area contributed by atoms with Gasteiger partial charge in [-0.3, -0.25) is 5.26 Å². The second kappa shape index (κ2) is 5.30. The molecule has 2 aromatic carbocycles. The Morgan fingerprint density at radius 2 is 1.62 bits per heavy atom. The molecule has 1 N–H and O–H groups in total. The van der Waals surface area contributed by atoms with Gasteiger partial charge >= 0.3 is 0 Å². The summed E-state index contributed by atoms with van der Waals surface area (Å²) < 4.78 is 5.63. The van der Waals surface area contributed by atoms with Gasteiger partial charge in [-0.2, -0.15) is 0 Å². The van der Waals surface area contributed by atoms with Crippen LogP contribution in [0.1, 0.15) is 5.56 Å². The Morgan fingerprint density at radius 1 is 0.875 bits per heavy atom. The minimum absolute atomic E-state index is 0.159. The molecule has 0 aliphatic rings. The third kappa shape index (κ3) is 2.82. The average molecular weight is 216 g/mol. The van der Waals surface area contributed by atoms with Crippen molar-refractivity contribution in [3.8, 4) is 11.5 Å². The fourth-order valence-electron chi connectivity index (χ4n) is 1.40. The van der Waals surface area contributed by atoms with Gasteiger partial charge in [-0.1, -0.05) is 30.3 Å². The molecule has 0 saturated heterocycles. The zero-order chi connectivity index (χ0) is 11.2. The molecule has 2 rings (SSSR count). The fraction of sp³-hybridized carbons (Fsp3) is 0.0769. The van der Waals surface area contributed by atoms with Crippen LogP contribution in [0.25, 0.3) is 0 Å². The van der Waals surface area contributed by atoms with Crippen LogP contribution in [0.4, 0.5) is 0 Å². The van der Waals surface area contributed by atoms with Crippen molar-refractivity contribution < 1.29 is 14.9 Å². The van der Waals surface area contributed by atoms with Gasteiger partial charge < -0.3 is 4.74 Å². The lowest BCUT2D eigenvalue weighted by Gasteiger charge is -2.06. The highest BCUT2D eigenvalue weighted by Gasteiger charge is 1.98. The van der Waals surface area contributed by atoms with E-state index in [4.69, 9.17) is 9.99 Å². The lowest BCUT2D eigenvalue weighted by molar-refractivity contribution is -0.253. The molecule has 16 heavy (non-hydrogen) atoms. The first kappa shape index (κ1) is 10.7. The van der Waals surface area contributed by atoms with Crippen LogP contribution < -0.4 is 4.74 Å². The van der Waals surface area contributed by atoms with Crippen molar-refractivity contribution >= 4 is 0 Å². The van der Waals surface area contributed by atoms with Gasteiger partial charge in [-0.25, -0.2) is 4.89 Å². The van der Waals surface area contributed by atoms with E-state index < -0.39 is 0 Å². The summed E-state index contributed by atoms with van der Waals surface area (Å²) in [5, 5.41) is 8.36. The Labute approximate surface area is 93.8 Å². The van der Waals surface area contributed by atoms with Gasteiger partial charge in [0.05, 0.1) is 0 Å². The van der Waals surface area contributed by atoms with Crippen molar-refractivity contribution in [1.29, 1.82) is 0 Å². The van der Waals surface area contributed by atoms with Crippen molar-refractivity contribution in [2.75, 3.05) is 0 Å². The van der Waals surface area contributed by atoms with E-state index in [0.29, 0.717) is 0 Å². The summed E-state index contributed by atoms with van der Waals surface area (Å²) in [6.07, 6.45) is 0. The summed E-state index contributed by atoms with van der Waals surface area (Å²) in [5.74, 6) is 1.50. The van der Waals surface area contributed by atoms with E-state index in [-0.39, 0.29) is 6.61 Å². The molecule has 0 radical (unpaired) electrons. The van der Waals surface area contributed by atoms with Crippen molar-refractivity contribution in [1.82, 2.24) is 0 Å². The maximum absolute atomic E-state index is 8.36. The van der Waals surface area contributed by atoms with Crippen LogP contribution in [0.3, 0.4) is 0 Å². The minimum Gasteiger partial charge on any atom is -0.457 e. The zero-order valence-electron chi connectivity index (χ0n) is 8.67. The molecule has 0 bridgehead atoms. The Bertz CT molecular complexity index is 440. The molecule has 0 saturated carbocycles. The molecular weight excluding hydrogens is 204 g/mol. The number of rotatable bonds is 4. The molecule has 3 heteroatoms. The molecule has 82 valence electrons. The minimum atomic E-state index is 0.159. The highest BCUT2D eigenvalue weighted by molar-refractivity contribution is 5.33. The van der Waals surface area contributed by atoms with E-state index in [1.165, 1.54) is 0 Å². The summed E-state index contributed by atoms with van der Waals surface area (Å²) >= 11 is 0. The number of hydrogen-bond donors (Lipinski definition) is 1. The molecular formula is C13H12O3. The second-order valence-electron chi connectivity index (χ2n) is 3.34. The van der Waals surface area contributed by atoms with E-state index >= 15 is 0 Å². The van der Waals surface area contributed by atoms with Crippen LogP contribution in [0, 0.1) is 0 Å². The Kier molecular flexibility index (Phi) is 3.53. The van der Waals surface area contributed by atoms with Crippen LogP contribution >= 0.6 is 0 Å². The monoisotopic (exact) mass is 216 g/mol. The molecule has 0 atom stereocenters. The first-order valence-electron chi connectivity index (χ1n) is 4.97. The van der Waals surface area contributed by atoms with Crippen molar-refractivity contribution in [3.05, 3.63) is 60.2 Å². The van der Waals surface area contributed by atoms with Gasteiger partial charge in [-0.15, -0.1) is 0 Å². The SMILES string of the molecule is OOCc1cccc(Oc2ccccc2)c1. The topological polar surface area (TPSA) is 38.7 Å². The predicted octanol–water partition coefficient (Wildman–Crippen LogP) is 3.47. The normalized spacial score (nSPS) is 10.1. The summed E-state index contributed by atoms with van der Waals surface area (Å²) in [6, 6.07) is 16.9.